The largest absolute Gasteiger partial charge is 0.481 e. The molecule has 0 bridgehead atoms. The van der Waals surface area contributed by atoms with Crippen LogP contribution in [0.15, 0.2) is 0 Å². The highest BCUT2D eigenvalue weighted by molar-refractivity contribution is 5.76. The Balaban J connectivity index is 1.76. The molecule has 1 N–H and O–H groups in total. The first-order chi connectivity index (χ1) is 8.16. The van der Waals surface area contributed by atoms with Crippen molar-refractivity contribution in [2.45, 2.75) is 12.8 Å². The van der Waals surface area contributed by atoms with Gasteiger partial charge in [-0.05, 0) is 6.42 Å². The van der Waals surface area contributed by atoms with Crippen molar-refractivity contribution < 1.29 is 19.4 Å². The highest BCUT2D eigenvalue weighted by Crippen LogP contribution is 2.20. The summed E-state index contributed by atoms with van der Waals surface area (Å²) in [6, 6.07) is 0.0251. The summed E-state index contributed by atoms with van der Waals surface area (Å²) in [5.41, 5.74) is 0. The van der Waals surface area contributed by atoms with Crippen LogP contribution in [-0.4, -0.2) is 66.3 Å². The Labute approximate surface area is 100 Å². The van der Waals surface area contributed by atoms with Crippen LogP contribution in [0.5, 0.6) is 0 Å². The lowest BCUT2D eigenvalue weighted by atomic mass is 9.97. The average Bonchev–Trinajstić information content (AvgIpc) is 2.50. The minimum Gasteiger partial charge on any atom is -0.481 e. The molecule has 0 aromatic carbocycles. The predicted molar refractivity (Wildman–Crippen MR) is 59.7 cm³/mol. The second-order valence-corrected chi connectivity index (χ2v) is 4.60. The van der Waals surface area contributed by atoms with E-state index in [-0.39, 0.29) is 18.4 Å². The highest BCUT2D eigenvalue weighted by Gasteiger charge is 2.34. The maximum atomic E-state index is 12.0. The molecule has 2 aliphatic heterocycles. The van der Waals surface area contributed by atoms with Crippen LogP contribution in [0.1, 0.15) is 12.8 Å². The number of carboxylic acid groups (broad SMARTS) is 1. The lowest BCUT2D eigenvalue weighted by Gasteiger charge is -2.41. The Morgan fingerprint density at radius 1 is 1.18 bits per heavy atom. The average molecular weight is 242 g/mol. The van der Waals surface area contributed by atoms with Crippen molar-refractivity contribution in [3.63, 3.8) is 0 Å². The molecule has 2 heterocycles. The second kappa shape index (κ2) is 5.35. The minimum atomic E-state index is -0.787. The first-order valence-corrected chi connectivity index (χ1v) is 6.00. The van der Waals surface area contributed by atoms with E-state index in [0.29, 0.717) is 32.8 Å². The molecule has 0 aromatic heterocycles. The Bertz CT molecular complexity index is 294. The number of carboxylic acids is 1. The van der Waals surface area contributed by atoms with E-state index < -0.39 is 5.97 Å². The normalized spacial score (nSPS) is 21.9. The zero-order valence-corrected chi connectivity index (χ0v) is 9.80. The van der Waals surface area contributed by atoms with Crippen LogP contribution in [0, 0.1) is 5.92 Å². The van der Waals surface area contributed by atoms with Crippen molar-refractivity contribution >= 4 is 12.0 Å². The fraction of sp³-hybridized carbons (Fsp3) is 0.818. The molecule has 2 saturated heterocycles. The molecule has 6 nitrogen and oxygen atoms in total. The minimum absolute atomic E-state index is 0.0251. The van der Waals surface area contributed by atoms with Gasteiger partial charge in [-0.1, -0.05) is 0 Å². The summed E-state index contributed by atoms with van der Waals surface area (Å²) in [7, 11) is 0. The highest BCUT2D eigenvalue weighted by atomic mass is 16.5. The molecule has 0 spiro atoms. The second-order valence-electron chi connectivity index (χ2n) is 4.60. The van der Waals surface area contributed by atoms with Gasteiger partial charge in [-0.25, -0.2) is 4.79 Å². The smallest absolute Gasteiger partial charge is 0.320 e. The number of aliphatic carboxylic acids is 1. The van der Waals surface area contributed by atoms with Gasteiger partial charge in [0.05, 0.1) is 13.0 Å². The molecule has 2 amide bonds. The number of hydrogen-bond donors (Lipinski definition) is 1. The quantitative estimate of drug-likeness (QED) is 0.752. The van der Waals surface area contributed by atoms with Crippen LogP contribution in [0.3, 0.4) is 0 Å². The third-order valence-corrected chi connectivity index (χ3v) is 3.18. The van der Waals surface area contributed by atoms with E-state index in [0.717, 1.165) is 13.0 Å². The maximum absolute atomic E-state index is 12.0. The van der Waals surface area contributed by atoms with E-state index in [9.17, 15) is 9.59 Å². The third-order valence-electron chi connectivity index (χ3n) is 3.18. The first-order valence-electron chi connectivity index (χ1n) is 6.00. The third kappa shape index (κ3) is 3.09. The summed E-state index contributed by atoms with van der Waals surface area (Å²) >= 11 is 0. The topological polar surface area (TPSA) is 70.1 Å². The zero-order valence-electron chi connectivity index (χ0n) is 9.80. The van der Waals surface area contributed by atoms with E-state index in [1.807, 2.05) is 0 Å². The van der Waals surface area contributed by atoms with Crippen molar-refractivity contribution in [3.05, 3.63) is 0 Å². The maximum Gasteiger partial charge on any atom is 0.320 e. The van der Waals surface area contributed by atoms with Gasteiger partial charge < -0.3 is 19.6 Å². The van der Waals surface area contributed by atoms with E-state index in [4.69, 9.17) is 9.84 Å². The summed E-state index contributed by atoms with van der Waals surface area (Å²) < 4.78 is 5.29. The van der Waals surface area contributed by atoms with Crippen LogP contribution >= 0.6 is 0 Å². The van der Waals surface area contributed by atoms with Crippen molar-refractivity contribution in [1.29, 1.82) is 0 Å². The van der Waals surface area contributed by atoms with E-state index in [1.54, 1.807) is 9.80 Å². The molecule has 2 aliphatic rings. The fourth-order valence-corrected chi connectivity index (χ4v) is 2.24. The van der Waals surface area contributed by atoms with Gasteiger partial charge in [-0.2, -0.15) is 0 Å². The number of likely N-dealkylation sites (tertiary alicyclic amines) is 1. The van der Waals surface area contributed by atoms with Crippen LogP contribution in [0.2, 0.25) is 0 Å². The molecule has 0 aliphatic carbocycles. The molecular formula is C11H18N2O4. The van der Waals surface area contributed by atoms with E-state index in [2.05, 4.69) is 0 Å². The molecule has 0 radical (unpaired) electrons. The lowest BCUT2D eigenvalue weighted by molar-refractivity contribution is -0.139. The Morgan fingerprint density at radius 2 is 1.94 bits per heavy atom. The molecule has 0 unspecified atom stereocenters. The zero-order chi connectivity index (χ0) is 12.3. The Hall–Kier alpha value is -1.30. The Kier molecular flexibility index (Phi) is 3.83. The summed E-state index contributed by atoms with van der Waals surface area (Å²) in [5.74, 6) is -0.662. The van der Waals surface area contributed by atoms with Gasteiger partial charge in [0.2, 0.25) is 0 Å². The number of hydrogen-bond acceptors (Lipinski definition) is 3. The first kappa shape index (κ1) is 12.2. The predicted octanol–water partition coefficient (Wildman–Crippen LogP) is 0.235. The standard InChI is InChI=1S/C11H18N2O4/c14-10(15)6-9-7-13(8-9)11(16)12-2-1-4-17-5-3-12/h9H,1-8H2,(H,14,15). The molecule has 6 heteroatoms. The number of ether oxygens (including phenoxy) is 1. The van der Waals surface area contributed by atoms with Gasteiger partial charge in [0.15, 0.2) is 0 Å². The lowest BCUT2D eigenvalue weighted by Crippen LogP contribution is -2.55. The molecule has 17 heavy (non-hydrogen) atoms. The van der Waals surface area contributed by atoms with Crippen molar-refractivity contribution in [2.24, 2.45) is 5.92 Å². The van der Waals surface area contributed by atoms with Gasteiger partial charge in [-0.3, -0.25) is 4.79 Å². The van der Waals surface area contributed by atoms with Crippen molar-refractivity contribution in [2.75, 3.05) is 39.4 Å². The SMILES string of the molecule is O=C(O)CC1CN(C(=O)N2CCCOCC2)C1. The fourth-order valence-electron chi connectivity index (χ4n) is 2.24. The Morgan fingerprint density at radius 3 is 2.65 bits per heavy atom. The van der Waals surface area contributed by atoms with Crippen molar-refractivity contribution in [3.8, 4) is 0 Å². The molecule has 2 rings (SSSR count). The summed E-state index contributed by atoms with van der Waals surface area (Å²) in [5, 5.41) is 8.63. The van der Waals surface area contributed by atoms with Gasteiger partial charge >= 0.3 is 12.0 Å². The van der Waals surface area contributed by atoms with E-state index in [1.165, 1.54) is 0 Å². The molecule has 0 aromatic rings. The molecular weight excluding hydrogens is 224 g/mol. The number of urea groups is 1. The number of nitrogens with zero attached hydrogens (tertiary/aromatic N) is 2. The monoisotopic (exact) mass is 242 g/mol. The van der Waals surface area contributed by atoms with E-state index >= 15 is 0 Å². The number of rotatable bonds is 2. The molecule has 2 fully saturated rings. The number of amides is 2. The summed E-state index contributed by atoms with van der Waals surface area (Å²) in [4.78, 5) is 26.0. The van der Waals surface area contributed by atoms with Crippen molar-refractivity contribution in [1.82, 2.24) is 9.80 Å². The van der Waals surface area contributed by atoms with Crippen LogP contribution < -0.4 is 0 Å². The van der Waals surface area contributed by atoms with Gasteiger partial charge in [0.25, 0.3) is 0 Å². The summed E-state index contributed by atoms with van der Waals surface area (Å²) in [6.07, 6.45) is 1.03. The van der Waals surface area contributed by atoms with Crippen LogP contribution in [0.4, 0.5) is 4.79 Å². The molecule has 0 saturated carbocycles. The van der Waals surface area contributed by atoms with Gasteiger partial charge in [-0.15, -0.1) is 0 Å². The van der Waals surface area contributed by atoms with Crippen LogP contribution in [-0.2, 0) is 9.53 Å². The number of carbonyl (C=O) groups is 2. The van der Waals surface area contributed by atoms with Gasteiger partial charge in [0.1, 0.15) is 0 Å². The number of carbonyl (C=O) groups excluding carboxylic acids is 1. The molecule has 0 atom stereocenters. The molecule has 96 valence electrons. The summed E-state index contributed by atoms with van der Waals surface area (Å²) in [6.45, 7) is 3.83. The van der Waals surface area contributed by atoms with Gasteiger partial charge in [0, 0.05) is 38.7 Å². The van der Waals surface area contributed by atoms with Crippen LogP contribution in [0.25, 0.3) is 0 Å².